The summed E-state index contributed by atoms with van der Waals surface area (Å²) < 4.78 is 17.5. The van der Waals surface area contributed by atoms with Crippen LogP contribution in [0.4, 0.5) is 4.79 Å². The van der Waals surface area contributed by atoms with Crippen molar-refractivity contribution in [3.05, 3.63) is 119 Å². The second-order valence-corrected chi connectivity index (χ2v) is 10.7. The van der Waals surface area contributed by atoms with Crippen LogP contribution in [0.1, 0.15) is 22.8 Å². The summed E-state index contributed by atoms with van der Waals surface area (Å²) >= 11 is 0.875. The minimum Gasteiger partial charge on any atom is -0.491 e. The number of carbonyl (C=O) groups excluding carboxylic acids is 3. The molecule has 5 aromatic rings. The molecule has 0 N–H and O–H groups in total. The predicted octanol–water partition coefficient (Wildman–Crippen LogP) is 7.73. The third-order valence-corrected chi connectivity index (χ3v) is 7.88. The molecule has 1 saturated heterocycles. The SMILES string of the molecule is CCOc1cc(/C=C2\SC(=O)N(CCOc3cccc4ccccc34)C2=O)ccc1OC(=O)c1cccc2ccccc12. The molecule has 0 unspecified atom stereocenters. The van der Waals surface area contributed by atoms with E-state index < -0.39 is 5.97 Å². The summed E-state index contributed by atoms with van der Waals surface area (Å²) in [4.78, 5) is 40.4. The first-order chi connectivity index (χ1) is 21.0. The number of imide groups is 1. The summed E-state index contributed by atoms with van der Waals surface area (Å²) in [6.07, 6.45) is 1.63. The Balaban J connectivity index is 1.15. The number of hydrogen-bond acceptors (Lipinski definition) is 7. The average molecular weight is 590 g/mol. The van der Waals surface area contributed by atoms with E-state index in [1.165, 1.54) is 4.90 Å². The van der Waals surface area contributed by atoms with Crippen LogP contribution >= 0.6 is 11.8 Å². The number of fused-ring (bicyclic) bond motifs is 2. The van der Waals surface area contributed by atoms with Crippen LogP contribution in [0.25, 0.3) is 27.6 Å². The Bertz CT molecular complexity index is 1890. The van der Waals surface area contributed by atoms with Crippen LogP contribution < -0.4 is 14.2 Å². The van der Waals surface area contributed by atoms with Gasteiger partial charge in [0.2, 0.25) is 0 Å². The summed E-state index contributed by atoms with van der Waals surface area (Å²) in [6.45, 7) is 2.47. The van der Waals surface area contributed by atoms with Crippen molar-refractivity contribution in [3.8, 4) is 17.2 Å². The molecule has 0 spiro atoms. The van der Waals surface area contributed by atoms with Crippen LogP contribution in [0.3, 0.4) is 0 Å². The zero-order valence-corrected chi connectivity index (χ0v) is 24.1. The van der Waals surface area contributed by atoms with Gasteiger partial charge in [-0.15, -0.1) is 0 Å². The molecular weight excluding hydrogens is 562 g/mol. The second kappa shape index (κ2) is 12.4. The summed E-state index contributed by atoms with van der Waals surface area (Å²) in [5.41, 5.74) is 1.08. The Labute approximate surface area is 252 Å². The third kappa shape index (κ3) is 5.96. The number of benzene rings is 5. The molecule has 0 radical (unpaired) electrons. The van der Waals surface area contributed by atoms with Crippen LogP contribution in [0.2, 0.25) is 0 Å². The molecule has 214 valence electrons. The van der Waals surface area contributed by atoms with Gasteiger partial charge in [-0.3, -0.25) is 14.5 Å². The number of ether oxygens (including phenoxy) is 3. The number of hydrogen-bond donors (Lipinski definition) is 0. The maximum atomic E-state index is 13.1. The van der Waals surface area contributed by atoms with Crippen molar-refractivity contribution >= 4 is 56.5 Å². The van der Waals surface area contributed by atoms with Crippen molar-refractivity contribution in [2.24, 2.45) is 0 Å². The van der Waals surface area contributed by atoms with Gasteiger partial charge in [-0.25, -0.2) is 4.79 Å². The van der Waals surface area contributed by atoms with Crippen molar-refractivity contribution < 1.29 is 28.6 Å². The van der Waals surface area contributed by atoms with Gasteiger partial charge in [0.05, 0.1) is 23.6 Å². The maximum Gasteiger partial charge on any atom is 0.344 e. The Morgan fingerprint density at radius 3 is 2.26 bits per heavy atom. The molecule has 5 aromatic carbocycles. The molecule has 1 fully saturated rings. The summed E-state index contributed by atoms with van der Waals surface area (Å²) in [6, 6.07) is 31.8. The highest BCUT2D eigenvalue weighted by molar-refractivity contribution is 8.18. The van der Waals surface area contributed by atoms with Gasteiger partial charge in [0.25, 0.3) is 11.1 Å². The van der Waals surface area contributed by atoms with Crippen molar-refractivity contribution in [1.82, 2.24) is 4.90 Å². The molecule has 6 rings (SSSR count). The molecule has 0 bridgehead atoms. The lowest BCUT2D eigenvalue weighted by molar-refractivity contribution is -0.123. The van der Waals surface area contributed by atoms with Gasteiger partial charge in [-0.05, 0) is 70.7 Å². The van der Waals surface area contributed by atoms with Gasteiger partial charge in [0.15, 0.2) is 11.5 Å². The Morgan fingerprint density at radius 1 is 0.767 bits per heavy atom. The molecule has 0 saturated carbocycles. The smallest absolute Gasteiger partial charge is 0.344 e. The van der Waals surface area contributed by atoms with Gasteiger partial charge < -0.3 is 14.2 Å². The normalized spacial score (nSPS) is 14.1. The van der Waals surface area contributed by atoms with E-state index in [4.69, 9.17) is 14.2 Å². The van der Waals surface area contributed by atoms with E-state index >= 15 is 0 Å². The van der Waals surface area contributed by atoms with Gasteiger partial charge in [-0.2, -0.15) is 0 Å². The highest BCUT2D eigenvalue weighted by Gasteiger charge is 2.35. The van der Waals surface area contributed by atoms with Crippen molar-refractivity contribution in [2.45, 2.75) is 6.92 Å². The largest absolute Gasteiger partial charge is 0.491 e. The predicted molar refractivity (Wildman–Crippen MR) is 169 cm³/mol. The van der Waals surface area contributed by atoms with E-state index in [0.29, 0.717) is 29.2 Å². The van der Waals surface area contributed by atoms with Crippen LogP contribution in [0.15, 0.2) is 108 Å². The molecule has 1 aliphatic heterocycles. The van der Waals surface area contributed by atoms with Crippen LogP contribution in [-0.4, -0.2) is 41.8 Å². The number of nitrogens with zero attached hydrogens (tertiary/aromatic N) is 1. The van der Waals surface area contributed by atoms with Crippen molar-refractivity contribution in [3.63, 3.8) is 0 Å². The first-order valence-electron chi connectivity index (χ1n) is 13.8. The lowest BCUT2D eigenvalue weighted by Gasteiger charge is -2.14. The van der Waals surface area contributed by atoms with E-state index in [9.17, 15) is 14.4 Å². The van der Waals surface area contributed by atoms with Gasteiger partial charge in [0, 0.05) is 5.39 Å². The number of carbonyl (C=O) groups is 3. The standard InChI is InChI=1S/C35H27NO6S/c1-2-40-31-21-23(17-18-30(31)42-34(38)28-15-7-11-24-9-3-5-13-26(24)28)22-32-33(37)36(35(39)43-32)19-20-41-29-16-8-12-25-10-4-6-14-27(25)29/h3-18,21-22H,2,19-20H2,1H3/b32-22-. The fourth-order valence-electron chi connectivity index (χ4n) is 4.94. The molecule has 7 nitrogen and oxygen atoms in total. The highest BCUT2D eigenvalue weighted by Crippen LogP contribution is 2.35. The van der Waals surface area contributed by atoms with Gasteiger partial charge >= 0.3 is 5.97 Å². The first-order valence-corrected chi connectivity index (χ1v) is 14.7. The van der Waals surface area contributed by atoms with Crippen molar-refractivity contribution in [1.29, 1.82) is 0 Å². The molecule has 0 atom stereocenters. The molecule has 0 aromatic heterocycles. The average Bonchev–Trinajstić information content (AvgIpc) is 3.29. The lowest BCUT2D eigenvalue weighted by Crippen LogP contribution is -2.32. The van der Waals surface area contributed by atoms with E-state index in [2.05, 4.69) is 0 Å². The van der Waals surface area contributed by atoms with E-state index in [0.717, 1.165) is 33.3 Å². The van der Waals surface area contributed by atoms with Crippen LogP contribution in [0, 0.1) is 0 Å². The number of rotatable bonds is 9. The molecule has 0 aliphatic carbocycles. The van der Waals surface area contributed by atoms with E-state index in [-0.39, 0.29) is 35.0 Å². The Kier molecular flexibility index (Phi) is 8.11. The summed E-state index contributed by atoms with van der Waals surface area (Å²) in [5.74, 6) is 0.423. The monoisotopic (exact) mass is 589 g/mol. The van der Waals surface area contributed by atoms with Gasteiger partial charge in [-0.1, -0.05) is 78.9 Å². The Morgan fingerprint density at radius 2 is 1.47 bits per heavy atom. The number of thioether (sulfide) groups is 1. The Hall–Kier alpha value is -5.08. The zero-order valence-electron chi connectivity index (χ0n) is 23.3. The van der Waals surface area contributed by atoms with E-state index in [1.54, 1.807) is 30.3 Å². The fourth-order valence-corrected chi connectivity index (χ4v) is 5.80. The van der Waals surface area contributed by atoms with Gasteiger partial charge in [0.1, 0.15) is 12.4 Å². The van der Waals surface area contributed by atoms with Crippen LogP contribution in [-0.2, 0) is 4.79 Å². The maximum absolute atomic E-state index is 13.1. The quantitative estimate of drug-likeness (QED) is 0.0989. The second-order valence-electron chi connectivity index (χ2n) is 9.71. The molecule has 2 amide bonds. The van der Waals surface area contributed by atoms with E-state index in [1.807, 2.05) is 85.8 Å². The summed E-state index contributed by atoms with van der Waals surface area (Å²) in [5, 5.41) is 3.39. The molecule has 1 aliphatic rings. The zero-order chi connectivity index (χ0) is 29.8. The molecule has 1 heterocycles. The minimum absolute atomic E-state index is 0.123. The third-order valence-electron chi connectivity index (χ3n) is 6.97. The number of amides is 2. The molecular formula is C35H27NO6S. The minimum atomic E-state index is -0.502. The highest BCUT2D eigenvalue weighted by atomic mass is 32.2. The molecule has 43 heavy (non-hydrogen) atoms. The topological polar surface area (TPSA) is 82.1 Å². The molecule has 8 heteroatoms. The fraction of sp³-hybridized carbons (Fsp3) is 0.114. The summed E-state index contributed by atoms with van der Waals surface area (Å²) in [7, 11) is 0. The lowest BCUT2D eigenvalue weighted by atomic mass is 10.0. The number of esters is 1. The van der Waals surface area contributed by atoms with Crippen LogP contribution in [0.5, 0.6) is 17.2 Å². The first kappa shape index (κ1) is 28.1. The van der Waals surface area contributed by atoms with Crippen molar-refractivity contribution in [2.75, 3.05) is 19.8 Å².